The molecule has 4 aromatic carbocycles. The fourth-order valence-electron chi connectivity index (χ4n) is 3.71. The van der Waals surface area contributed by atoms with Crippen molar-refractivity contribution in [2.24, 2.45) is 0 Å². The average molecular weight is 562 g/mol. The number of anilines is 1. The highest BCUT2D eigenvalue weighted by atomic mass is 79.9. The van der Waals surface area contributed by atoms with E-state index in [9.17, 15) is 10.1 Å². The van der Waals surface area contributed by atoms with Gasteiger partial charge < -0.3 is 14.8 Å². The highest BCUT2D eigenvalue weighted by Crippen LogP contribution is 2.38. The Morgan fingerprint density at radius 3 is 2.58 bits per heavy atom. The van der Waals surface area contributed by atoms with E-state index in [0.717, 1.165) is 16.3 Å². The molecule has 0 fully saturated rings. The average Bonchev–Trinajstić information content (AvgIpc) is 2.88. The molecule has 0 unspecified atom stereocenters. The molecule has 1 N–H and O–H groups in total. The number of ether oxygens (including phenoxy) is 2. The van der Waals surface area contributed by atoms with Crippen LogP contribution in [0.3, 0.4) is 0 Å². The molecule has 0 spiro atoms. The van der Waals surface area contributed by atoms with Gasteiger partial charge in [-0.3, -0.25) is 4.79 Å². The molecule has 0 saturated heterocycles. The quantitative estimate of drug-likeness (QED) is 0.176. The summed E-state index contributed by atoms with van der Waals surface area (Å²) in [5.41, 5.74) is 2.01. The maximum atomic E-state index is 12.7. The Labute approximate surface area is 223 Å². The van der Waals surface area contributed by atoms with Crippen molar-refractivity contribution in [3.05, 3.63) is 105 Å². The van der Waals surface area contributed by atoms with Gasteiger partial charge in [-0.05, 0) is 75.1 Å². The number of benzene rings is 4. The van der Waals surface area contributed by atoms with Crippen LogP contribution in [0, 0.1) is 11.3 Å². The molecule has 0 saturated carbocycles. The minimum Gasteiger partial charge on any atom is -0.490 e. The van der Waals surface area contributed by atoms with Gasteiger partial charge in [-0.1, -0.05) is 66.2 Å². The second kappa shape index (κ2) is 11.8. The minimum atomic E-state index is -0.559. The summed E-state index contributed by atoms with van der Waals surface area (Å²) in [5, 5.41) is 14.9. The number of rotatable bonds is 8. The van der Waals surface area contributed by atoms with Crippen LogP contribution in [0.4, 0.5) is 5.69 Å². The van der Waals surface area contributed by atoms with Crippen molar-refractivity contribution in [1.29, 1.82) is 5.26 Å². The van der Waals surface area contributed by atoms with Gasteiger partial charge in [0.2, 0.25) is 0 Å². The van der Waals surface area contributed by atoms with Crippen molar-refractivity contribution in [3.8, 4) is 17.6 Å². The van der Waals surface area contributed by atoms with E-state index in [4.69, 9.17) is 21.1 Å². The summed E-state index contributed by atoms with van der Waals surface area (Å²) >= 11 is 9.69. The molecule has 180 valence electrons. The van der Waals surface area contributed by atoms with Crippen LogP contribution in [0.5, 0.6) is 11.5 Å². The number of hydrogen-bond donors (Lipinski definition) is 1. The second-order valence-electron chi connectivity index (χ2n) is 7.79. The number of nitrogens with zero attached hydrogens (tertiary/aromatic N) is 1. The van der Waals surface area contributed by atoms with Crippen molar-refractivity contribution in [3.63, 3.8) is 0 Å². The van der Waals surface area contributed by atoms with Crippen LogP contribution in [0.1, 0.15) is 18.1 Å². The Morgan fingerprint density at radius 2 is 1.81 bits per heavy atom. The predicted molar refractivity (Wildman–Crippen MR) is 147 cm³/mol. The van der Waals surface area contributed by atoms with Crippen molar-refractivity contribution in [2.45, 2.75) is 13.5 Å². The Hall–Kier alpha value is -3.79. The molecule has 0 atom stereocenters. The van der Waals surface area contributed by atoms with Crippen molar-refractivity contribution < 1.29 is 14.3 Å². The summed E-state index contributed by atoms with van der Waals surface area (Å²) in [6.07, 6.45) is 1.49. The first-order valence-electron chi connectivity index (χ1n) is 11.2. The van der Waals surface area contributed by atoms with Crippen molar-refractivity contribution in [1.82, 2.24) is 0 Å². The number of amides is 1. The van der Waals surface area contributed by atoms with Gasteiger partial charge in [0, 0.05) is 0 Å². The molecule has 0 aliphatic heterocycles. The van der Waals surface area contributed by atoms with Gasteiger partial charge in [0.25, 0.3) is 5.91 Å². The first-order valence-corrected chi connectivity index (χ1v) is 12.4. The lowest BCUT2D eigenvalue weighted by molar-refractivity contribution is -0.112. The van der Waals surface area contributed by atoms with E-state index < -0.39 is 5.91 Å². The Balaban J connectivity index is 1.60. The van der Waals surface area contributed by atoms with Crippen LogP contribution in [0.25, 0.3) is 16.8 Å². The van der Waals surface area contributed by atoms with Gasteiger partial charge in [0.05, 0.1) is 21.8 Å². The number of carbonyl (C=O) groups excluding carboxylic acids is 1. The molecule has 0 radical (unpaired) electrons. The predicted octanol–water partition coefficient (Wildman–Crippen LogP) is 7.78. The van der Waals surface area contributed by atoms with Crippen LogP contribution in [0.2, 0.25) is 5.02 Å². The third-order valence-electron chi connectivity index (χ3n) is 5.38. The van der Waals surface area contributed by atoms with E-state index in [-0.39, 0.29) is 5.57 Å². The zero-order chi connectivity index (χ0) is 25.5. The normalized spacial score (nSPS) is 11.1. The van der Waals surface area contributed by atoms with E-state index in [1.165, 1.54) is 6.08 Å². The molecule has 1 amide bonds. The molecule has 0 aromatic heterocycles. The fourth-order valence-corrected chi connectivity index (χ4v) is 4.47. The molecule has 0 bridgehead atoms. The number of hydrogen-bond acceptors (Lipinski definition) is 4. The Morgan fingerprint density at radius 1 is 1.06 bits per heavy atom. The van der Waals surface area contributed by atoms with Crippen molar-refractivity contribution >= 4 is 56.0 Å². The Bertz CT molecular complexity index is 1490. The number of halogens is 2. The summed E-state index contributed by atoms with van der Waals surface area (Å²) in [7, 11) is 0. The SMILES string of the molecule is CCOc1cc(/C=C(\C#N)C(=O)Nc2ccccc2Cl)cc(Br)c1OCc1cccc2ccccc12. The van der Waals surface area contributed by atoms with Gasteiger partial charge in [-0.2, -0.15) is 5.26 Å². The molecular weight excluding hydrogens is 540 g/mol. The third-order valence-corrected chi connectivity index (χ3v) is 6.30. The van der Waals surface area contributed by atoms with Gasteiger partial charge in [-0.25, -0.2) is 0 Å². The molecule has 36 heavy (non-hydrogen) atoms. The van der Waals surface area contributed by atoms with Gasteiger partial charge in [0.15, 0.2) is 11.5 Å². The molecule has 7 heteroatoms. The molecule has 0 aliphatic rings. The highest BCUT2D eigenvalue weighted by molar-refractivity contribution is 9.10. The molecular formula is C29H22BrClN2O3. The zero-order valence-corrected chi connectivity index (χ0v) is 21.8. The van der Waals surface area contributed by atoms with E-state index in [1.54, 1.807) is 36.4 Å². The monoisotopic (exact) mass is 560 g/mol. The third kappa shape index (κ3) is 5.88. The lowest BCUT2D eigenvalue weighted by Crippen LogP contribution is -2.13. The van der Waals surface area contributed by atoms with Gasteiger partial charge >= 0.3 is 0 Å². The van der Waals surface area contributed by atoms with Gasteiger partial charge in [-0.15, -0.1) is 0 Å². The zero-order valence-electron chi connectivity index (χ0n) is 19.4. The smallest absolute Gasteiger partial charge is 0.266 e. The Kier molecular flexibility index (Phi) is 8.27. The van der Waals surface area contributed by atoms with Crippen LogP contribution in [0.15, 0.2) is 88.9 Å². The van der Waals surface area contributed by atoms with Crippen LogP contribution in [-0.4, -0.2) is 12.5 Å². The van der Waals surface area contributed by atoms with E-state index >= 15 is 0 Å². The summed E-state index contributed by atoms with van der Waals surface area (Å²) in [5.74, 6) is 0.485. The van der Waals surface area contributed by atoms with Crippen LogP contribution < -0.4 is 14.8 Å². The topological polar surface area (TPSA) is 71.3 Å². The minimum absolute atomic E-state index is 0.0753. The first-order chi connectivity index (χ1) is 17.5. The standard InChI is InChI=1S/C29H22BrClN2O3/c1-2-35-27-16-19(14-22(17-32)29(34)33-26-13-6-5-12-25(26)31)15-24(30)28(27)36-18-21-10-7-9-20-8-3-4-11-23(20)21/h3-16H,2,18H2,1H3,(H,33,34)/b22-14+. The number of nitrogens with one attached hydrogen (secondary N) is 1. The summed E-state index contributed by atoms with van der Waals surface area (Å²) in [6.45, 7) is 2.64. The first kappa shape index (κ1) is 25.3. The van der Waals surface area contributed by atoms with E-state index in [1.807, 2.05) is 37.3 Å². The highest BCUT2D eigenvalue weighted by Gasteiger charge is 2.16. The molecule has 5 nitrogen and oxygen atoms in total. The lowest BCUT2D eigenvalue weighted by atomic mass is 10.1. The maximum absolute atomic E-state index is 12.7. The number of nitriles is 1. The summed E-state index contributed by atoms with van der Waals surface area (Å²) in [6, 6.07) is 26.6. The van der Waals surface area contributed by atoms with E-state index in [0.29, 0.717) is 45.5 Å². The second-order valence-corrected chi connectivity index (χ2v) is 9.06. The summed E-state index contributed by atoms with van der Waals surface area (Å²) in [4.78, 5) is 12.7. The molecule has 0 heterocycles. The summed E-state index contributed by atoms with van der Waals surface area (Å²) < 4.78 is 12.7. The number of para-hydroxylation sites is 1. The molecule has 4 rings (SSSR count). The van der Waals surface area contributed by atoms with Crippen LogP contribution >= 0.6 is 27.5 Å². The fraction of sp³-hybridized carbons (Fsp3) is 0.103. The van der Waals surface area contributed by atoms with E-state index in [2.05, 4.69) is 39.4 Å². The maximum Gasteiger partial charge on any atom is 0.266 e. The lowest BCUT2D eigenvalue weighted by Gasteiger charge is -2.16. The van der Waals surface area contributed by atoms with Crippen LogP contribution in [-0.2, 0) is 11.4 Å². The molecule has 0 aliphatic carbocycles. The molecule has 4 aromatic rings. The largest absolute Gasteiger partial charge is 0.490 e. The van der Waals surface area contributed by atoms with Gasteiger partial charge in [0.1, 0.15) is 18.2 Å². The van der Waals surface area contributed by atoms with Crippen molar-refractivity contribution in [2.75, 3.05) is 11.9 Å². The number of fused-ring (bicyclic) bond motifs is 1. The number of carbonyl (C=O) groups is 1.